The van der Waals surface area contributed by atoms with Gasteiger partial charge in [-0.2, -0.15) is 4.57 Å². The van der Waals surface area contributed by atoms with E-state index in [-0.39, 0.29) is 0 Å². The summed E-state index contributed by atoms with van der Waals surface area (Å²) < 4.78 is 8.57. The molecule has 3 nitrogen and oxygen atoms in total. The van der Waals surface area contributed by atoms with E-state index >= 15 is 0 Å². The van der Waals surface area contributed by atoms with Crippen LogP contribution in [0.2, 0.25) is 19.6 Å². The molecular formula is C26H27N2OSi+. The van der Waals surface area contributed by atoms with E-state index in [1.807, 2.05) is 6.07 Å². The Hall–Kier alpha value is -2.98. The van der Waals surface area contributed by atoms with Crippen molar-refractivity contribution in [3.63, 3.8) is 0 Å². The summed E-state index contributed by atoms with van der Waals surface area (Å²) in [5, 5.41) is 5.00. The van der Waals surface area contributed by atoms with Crippen molar-refractivity contribution >= 4 is 46.2 Å². The lowest BCUT2D eigenvalue weighted by molar-refractivity contribution is -0.633. The Morgan fingerprint density at radius 1 is 0.867 bits per heavy atom. The zero-order chi connectivity index (χ0) is 21.2. The van der Waals surface area contributed by atoms with Gasteiger partial charge < -0.3 is 4.42 Å². The molecule has 3 aromatic heterocycles. The van der Waals surface area contributed by atoms with Crippen LogP contribution in [0.3, 0.4) is 0 Å². The van der Waals surface area contributed by atoms with E-state index in [4.69, 9.17) is 4.42 Å². The Morgan fingerprint density at radius 2 is 1.67 bits per heavy atom. The number of aryl methyl sites for hydroxylation is 3. The first-order chi connectivity index (χ1) is 14.3. The van der Waals surface area contributed by atoms with E-state index in [2.05, 4.69) is 92.6 Å². The molecule has 150 valence electrons. The van der Waals surface area contributed by atoms with Gasteiger partial charge in [-0.15, -0.1) is 0 Å². The summed E-state index contributed by atoms with van der Waals surface area (Å²) in [6.07, 6.45) is 1.79. The predicted octanol–water partition coefficient (Wildman–Crippen LogP) is 5.79. The quantitative estimate of drug-likeness (QED) is 0.272. The summed E-state index contributed by atoms with van der Waals surface area (Å²) in [7, 11) is 0.793. The zero-order valence-electron chi connectivity index (χ0n) is 18.5. The molecule has 5 aromatic rings. The average Bonchev–Trinajstić information content (AvgIpc) is 3.08. The highest BCUT2D eigenvalue weighted by molar-refractivity contribution is 6.88. The monoisotopic (exact) mass is 411 g/mol. The van der Waals surface area contributed by atoms with Crippen molar-refractivity contribution in [1.82, 2.24) is 4.98 Å². The first-order valence-electron chi connectivity index (χ1n) is 10.5. The lowest BCUT2D eigenvalue weighted by atomic mass is 9.98. The molecular weight excluding hydrogens is 384 g/mol. The van der Waals surface area contributed by atoms with Crippen LogP contribution in [0.15, 0.2) is 59.1 Å². The fourth-order valence-corrected chi connectivity index (χ4v) is 5.61. The third-order valence-corrected chi connectivity index (χ3v) is 8.29. The zero-order valence-corrected chi connectivity index (χ0v) is 19.5. The van der Waals surface area contributed by atoms with Gasteiger partial charge in [0.05, 0.1) is 13.6 Å². The minimum Gasteiger partial charge on any atom is -0.437 e. The molecule has 0 fully saturated rings. The van der Waals surface area contributed by atoms with E-state index < -0.39 is 8.07 Å². The summed E-state index contributed by atoms with van der Waals surface area (Å²) in [4.78, 5) is 4.44. The smallest absolute Gasteiger partial charge is 0.227 e. The molecule has 2 aromatic carbocycles. The summed E-state index contributed by atoms with van der Waals surface area (Å²) in [6, 6.07) is 17.7. The van der Waals surface area contributed by atoms with E-state index in [1.165, 1.54) is 32.9 Å². The van der Waals surface area contributed by atoms with Crippen LogP contribution >= 0.6 is 0 Å². The van der Waals surface area contributed by atoms with E-state index in [0.717, 1.165) is 21.9 Å². The number of hydrogen-bond acceptors (Lipinski definition) is 2. The largest absolute Gasteiger partial charge is 0.437 e. The minimum absolute atomic E-state index is 0.694. The molecule has 3 heterocycles. The Labute approximate surface area is 178 Å². The molecule has 0 saturated carbocycles. The number of aromatic nitrogens is 2. The van der Waals surface area contributed by atoms with Crippen molar-refractivity contribution in [2.75, 3.05) is 0 Å². The Bertz CT molecular complexity index is 1460. The number of rotatable bonds is 2. The highest BCUT2D eigenvalue weighted by atomic mass is 28.3. The molecule has 0 amide bonds. The Kier molecular flexibility index (Phi) is 4.12. The summed E-state index contributed by atoms with van der Waals surface area (Å²) >= 11 is 0. The molecule has 0 aliphatic heterocycles. The van der Waals surface area contributed by atoms with Crippen molar-refractivity contribution < 1.29 is 8.98 Å². The van der Waals surface area contributed by atoms with Crippen molar-refractivity contribution in [2.45, 2.75) is 33.5 Å². The SMILES string of the molecule is Cc1ccc2c(oc3ncccc32)c1-c1cc(C)c2cc([Si](C)(C)C)ccc2[n+]1C. The van der Waals surface area contributed by atoms with Crippen molar-refractivity contribution in [1.29, 1.82) is 0 Å². The van der Waals surface area contributed by atoms with Gasteiger partial charge in [0.25, 0.3) is 0 Å². The van der Waals surface area contributed by atoms with Crippen molar-refractivity contribution in [2.24, 2.45) is 7.05 Å². The van der Waals surface area contributed by atoms with E-state index in [9.17, 15) is 0 Å². The van der Waals surface area contributed by atoms with Gasteiger partial charge in [-0.25, -0.2) is 4.98 Å². The summed E-state index contributed by atoms with van der Waals surface area (Å²) in [6.45, 7) is 11.6. The number of nitrogens with zero attached hydrogens (tertiary/aromatic N) is 2. The van der Waals surface area contributed by atoms with E-state index in [0.29, 0.717) is 5.71 Å². The molecule has 0 unspecified atom stereocenters. The molecule has 30 heavy (non-hydrogen) atoms. The minimum atomic E-state index is -1.36. The first kappa shape index (κ1) is 19.0. The fraction of sp³-hybridized carbons (Fsp3) is 0.231. The van der Waals surface area contributed by atoms with Gasteiger partial charge in [0.2, 0.25) is 16.9 Å². The van der Waals surface area contributed by atoms with Crippen LogP contribution in [-0.4, -0.2) is 13.1 Å². The fourth-order valence-electron chi connectivity index (χ4n) is 4.45. The van der Waals surface area contributed by atoms with Crippen LogP contribution in [0.5, 0.6) is 0 Å². The number of hydrogen-bond donors (Lipinski definition) is 0. The van der Waals surface area contributed by atoms with Crippen LogP contribution in [-0.2, 0) is 7.05 Å². The van der Waals surface area contributed by atoms with Crippen LogP contribution in [0.4, 0.5) is 0 Å². The molecule has 5 rings (SSSR count). The van der Waals surface area contributed by atoms with E-state index in [1.54, 1.807) is 6.20 Å². The number of benzene rings is 2. The molecule has 0 spiro atoms. The normalized spacial score (nSPS) is 12.3. The molecule has 0 saturated heterocycles. The third kappa shape index (κ3) is 2.78. The first-order valence-corrected chi connectivity index (χ1v) is 14.0. The molecule has 0 aliphatic rings. The van der Waals surface area contributed by atoms with Crippen LogP contribution < -0.4 is 9.75 Å². The van der Waals surface area contributed by atoms with Gasteiger partial charge in [-0.1, -0.05) is 43.0 Å². The highest BCUT2D eigenvalue weighted by Gasteiger charge is 2.25. The highest BCUT2D eigenvalue weighted by Crippen LogP contribution is 2.37. The predicted molar refractivity (Wildman–Crippen MR) is 128 cm³/mol. The van der Waals surface area contributed by atoms with Gasteiger partial charge in [0.15, 0.2) is 5.58 Å². The second-order valence-corrected chi connectivity index (χ2v) is 14.4. The second-order valence-electron chi connectivity index (χ2n) is 9.35. The third-order valence-electron chi connectivity index (χ3n) is 6.25. The molecule has 0 N–H and O–H groups in total. The van der Waals surface area contributed by atoms with Crippen LogP contribution in [0.1, 0.15) is 11.1 Å². The van der Waals surface area contributed by atoms with Gasteiger partial charge in [-0.05, 0) is 43.2 Å². The Morgan fingerprint density at radius 3 is 2.43 bits per heavy atom. The summed E-state index contributed by atoms with van der Waals surface area (Å²) in [5.41, 5.74) is 7.67. The van der Waals surface area contributed by atoms with Gasteiger partial charge in [0, 0.05) is 34.5 Å². The number of furan rings is 1. The maximum atomic E-state index is 6.27. The van der Waals surface area contributed by atoms with Crippen molar-refractivity contribution in [3.8, 4) is 11.3 Å². The topological polar surface area (TPSA) is 29.9 Å². The number of fused-ring (bicyclic) bond motifs is 4. The van der Waals surface area contributed by atoms with Crippen molar-refractivity contribution in [3.05, 3.63) is 65.9 Å². The maximum absolute atomic E-state index is 6.27. The lowest BCUT2D eigenvalue weighted by Gasteiger charge is -2.17. The number of pyridine rings is 2. The van der Waals surface area contributed by atoms with Crippen LogP contribution in [0, 0.1) is 13.8 Å². The van der Waals surface area contributed by atoms with Gasteiger partial charge >= 0.3 is 0 Å². The van der Waals surface area contributed by atoms with Crippen LogP contribution in [0.25, 0.3) is 44.2 Å². The maximum Gasteiger partial charge on any atom is 0.227 e. The molecule has 0 radical (unpaired) electrons. The molecule has 0 bridgehead atoms. The standard InChI is InChI=1S/C26H27N2OSi/c1-16-9-11-19-20-8-7-13-27-26(20)29-25(19)24(16)23-14-17(2)21-15-18(30(4,5)6)10-12-22(21)28(23)3/h7-15H,1-6H3/q+1. The Balaban J connectivity index is 1.85. The molecule has 0 aliphatic carbocycles. The van der Waals surface area contributed by atoms with Gasteiger partial charge in [0.1, 0.15) is 7.05 Å². The molecule has 4 heteroatoms. The average molecular weight is 412 g/mol. The summed E-state index contributed by atoms with van der Waals surface area (Å²) in [5.74, 6) is 0. The molecule has 0 atom stereocenters. The second kappa shape index (κ2) is 6.51. The lowest BCUT2D eigenvalue weighted by Crippen LogP contribution is -2.39. The van der Waals surface area contributed by atoms with Gasteiger partial charge in [-0.3, -0.25) is 0 Å².